The molecule has 1 aliphatic carbocycles. The summed E-state index contributed by atoms with van der Waals surface area (Å²) in [7, 11) is -0.312. The minimum Gasteiger partial charge on any atom is -0.492 e. The molecule has 1 saturated carbocycles. The summed E-state index contributed by atoms with van der Waals surface area (Å²) in [5, 5.41) is 0. The Kier molecular flexibility index (Phi) is 7.07. The highest BCUT2D eigenvalue weighted by Gasteiger charge is 2.20. The molecule has 0 atom stereocenters. The number of hydrogen-bond acceptors (Lipinski definition) is 4. The fraction of sp³-hybridized carbons (Fsp3) is 0.667. The van der Waals surface area contributed by atoms with E-state index in [1.54, 1.807) is 24.3 Å². The fourth-order valence-corrected chi connectivity index (χ4v) is 4.15. The molecule has 6 heteroatoms. The maximum atomic E-state index is 12.0. The van der Waals surface area contributed by atoms with Gasteiger partial charge in [0.2, 0.25) is 10.0 Å². The molecule has 0 aliphatic heterocycles. The standard InChI is InChI=1S/C18H30N2O3S/c1-4-20(16-8-6-5-7-9-16)14-15-23-17-10-12-18(13-11-17)24(21,22)19(2)3/h10-13,16H,4-9,14-15H2,1-3H3. The first-order valence-corrected chi connectivity index (χ1v) is 10.3. The number of nitrogens with zero attached hydrogens (tertiary/aromatic N) is 2. The van der Waals surface area contributed by atoms with Gasteiger partial charge in [0.1, 0.15) is 12.4 Å². The smallest absolute Gasteiger partial charge is 0.242 e. The molecule has 0 radical (unpaired) electrons. The topological polar surface area (TPSA) is 49.9 Å². The van der Waals surface area contributed by atoms with E-state index in [1.807, 2.05) is 0 Å². The first kappa shape index (κ1) is 19.2. The van der Waals surface area contributed by atoms with Crippen molar-refractivity contribution in [2.75, 3.05) is 33.8 Å². The van der Waals surface area contributed by atoms with Gasteiger partial charge in [-0.3, -0.25) is 4.90 Å². The lowest BCUT2D eigenvalue weighted by atomic mass is 9.94. The van der Waals surface area contributed by atoms with Gasteiger partial charge in [0.05, 0.1) is 4.90 Å². The monoisotopic (exact) mass is 354 g/mol. The summed E-state index contributed by atoms with van der Waals surface area (Å²) >= 11 is 0. The Hall–Kier alpha value is -1.11. The van der Waals surface area contributed by atoms with Crippen LogP contribution in [0.5, 0.6) is 5.75 Å². The van der Waals surface area contributed by atoms with E-state index in [4.69, 9.17) is 4.74 Å². The van der Waals surface area contributed by atoms with E-state index < -0.39 is 10.0 Å². The number of likely N-dealkylation sites (N-methyl/N-ethyl adjacent to an activating group) is 1. The molecule has 1 fully saturated rings. The normalized spacial score (nSPS) is 16.7. The summed E-state index contributed by atoms with van der Waals surface area (Å²) in [6.07, 6.45) is 6.64. The third-order valence-electron chi connectivity index (χ3n) is 4.75. The highest BCUT2D eigenvalue weighted by atomic mass is 32.2. The molecule has 0 saturated heterocycles. The van der Waals surface area contributed by atoms with Gasteiger partial charge in [0, 0.05) is 26.7 Å². The summed E-state index contributed by atoms with van der Waals surface area (Å²) in [5.74, 6) is 0.715. The zero-order valence-corrected chi connectivity index (χ0v) is 15.9. The quantitative estimate of drug-likeness (QED) is 0.720. The molecule has 0 spiro atoms. The lowest BCUT2D eigenvalue weighted by molar-refractivity contribution is 0.137. The summed E-state index contributed by atoms with van der Waals surface area (Å²) in [6.45, 7) is 4.80. The van der Waals surface area contributed by atoms with Crippen molar-refractivity contribution in [3.05, 3.63) is 24.3 Å². The average Bonchev–Trinajstić information content (AvgIpc) is 2.60. The van der Waals surface area contributed by atoms with Gasteiger partial charge in [0.25, 0.3) is 0 Å². The predicted molar refractivity (Wildman–Crippen MR) is 96.9 cm³/mol. The molecule has 0 amide bonds. The maximum absolute atomic E-state index is 12.0. The van der Waals surface area contributed by atoms with E-state index in [9.17, 15) is 8.42 Å². The Bertz CT molecular complexity index is 593. The zero-order valence-electron chi connectivity index (χ0n) is 15.1. The van der Waals surface area contributed by atoms with Crippen molar-refractivity contribution in [2.45, 2.75) is 50.0 Å². The Labute approximate surface area is 146 Å². The van der Waals surface area contributed by atoms with Crippen molar-refractivity contribution in [2.24, 2.45) is 0 Å². The molecule has 1 aromatic rings. The van der Waals surface area contributed by atoms with E-state index in [-0.39, 0.29) is 4.90 Å². The van der Waals surface area contributed by atoms with E-state index in [0.717, 1.165) is 13.1 Å². The molecule has 0 heterocycles. The molecule has 1 aliphatic rings. The number of rotatable bonds is 8. The molecule has 0 aromatic heterocycles. The van der Waals surface area contributed by atoms with Gasteiger partial charge >= 0.3 is 0 Å². The molecule has 2 rings (SSSR count). The number of sulfonamides is 1. The maximum Gasteiger partial charge on any atom is 0.242 e. The average molecular weight is 355 g/mol. The second-order valence-electron chi connectivity index (χ2n) is 6.53. The summed E-state index contributed by atoms with van der Waals surface area (Å²) in [5.41, 5.74) is 0. The zero-order chi connectivity index (χ0) is 17.6. The van der Waals surface area contributed by atoms with E-state index in [1.165, 1.54) is 50.5 Å². The van der Waals surface area contributed by atoms with Crippen molar-refractivity contribution in [1.29, 1.82) is 0 Å². The molecule has 5 nitrogen and oxygen atoms in total. The van der Waals surface area contributed by atoms with Crippen molar-refractivity contribution in [3.8, 4) is 5.75 Å². The number of hydrogen-bond donors (Lipinski definition) is 0. The molecule has 0 unspecified atom stereocenters. The van der Waals surface area contributed by atoms with E-state index >= 15 is 0 Å². The molecule has 1 aromatic carbocycles. The summed E-state index contributed by atoms with van der Waals surface area (Å²) in [4.78, 5) is 2.79. The Morgan fingerprint density at radius 3 is 2.25 bits per heavy atom. The van der Waals surface area contributed by atoms with Crippen molar-refractivity contribution >= 4 is 10.0 Å². The summed E-state index contributed by atoms with van der Waals surface area (Å²) < 4.78 is 31.1. The van der Waals surface area contributed by atoms with Gasteiger partial charge in [-0.15, -0.1) is 0 Å². The lowest BCUT2D eigenvalue weighted by Crippen LogP contribution is -2.39. The minimum atomic E-state index is -3.38. The van der Waals surface area contributed by atoms with Gasteiger partial charge in [0.15, 0.2) is 0 Å². The Balaban J connectivity index is 1.85. The van der Waals surface area contributed by atoms with Gasteiger partial charge in [-0.1, -0.05) is 26.2 Å². The van der Waals surface area contributed by atoms with Gasteiger partial charge < -0.3 is 4.74 Å². The molecular weight excluding hydrogens is 324 g/mol. The van der Waals surface area contributed by atoms with Gasteiger partial charge in [-0.25, -0.2) is 12.7 Å². The van der Waals surface area contributed by atoms with Crippen LogP contribution >= 0.6 is 0 Å². The minimum absolute atomic E-state index is 0.289. The first-order chi connectivity index (χ1) is 11.4. The van der Waals surface area contributed by atoms with Gasteiger partial charge in [-0.2, -0.15) is 0 Å². The van der Waals surface area contributed by atoms with E-state index in [2.05, 4.69) is 11.8 Å². The van der Waals surface area contributed by atoms with Crippen LogP contribution in [0.25, 0.3) is 0 Å². The van der Waals surface area contributed by atoms with Crippen molar-refractivity contribution in [3.63, 3.8) is 0 Å². The third kappa shape index (κ3) is 4.94. The molecule has 136 valence electrons. The SMILES string of the molecule is CCN(CCOc1ccc(S(=O)(=O)N(C)C)cc1)C1CCCCC1. The first-order valence-electron chi connectivity index (χ1n) is 8.84. The number of benzene rings is 1. The fourth-order valence-electron chi connectivity index (χ4n) is 3.24. The van der Waals surface area contributed by atoms with Crippen LogP contribution < -0.4 is 4.74 Å². The molecule has 0 N–H and O–H groups in total. The summed E-state index contributed by atoms with van der Waals surface area (Å²) in [6, 6.07) is 7.35. The largest absolute Gasteiger partial charge is 0.492 e. The third-order valence-corrected chi connectivity index (χ3v) is 6.58. The van der Waals surface area contributed by atoms with Crippen LogP contribution in [0, 0.1) is 0 Å². The van der Waals surface area contributed by atoms with Crippen molar-refractivity contribution in [1.82, 2.24) is 9.21 Å². The Morgan fingerprint density at radius 2 is 1.71 bits per heavy atom. The van der Waals surface area contributed by atoms with Crippen LogP contribution in [0.15, 0.2) is 29.2 Å². The second-order valence-corrected chi connectivity index (χ2v) is 8.68. The van der Waals surface area contributed by atoms with Crippen LogP contribution in [0.4, 0.5) is 0 Å². The Morgan fingerprint density at radius 1 is 1.08 bits per heavy atom. The predicted octanol–water partition coefficient (Wildman–Crippen LogP) is 2.97. The highest BCUT2D eigenvalue weighted by Crippen LogP contribution is 2.22. The highest BCUT2D eigenvalue weighted by molar-refractivity contribution is 7.89. The molecule has 24 heavy (non-hydrogen) atoms. The van der Waals surface area contributed by atoms with E-state index in [0.29, 0.717) is 18.4 Å². The second kappa shape index (κ2) is 8.83. The lowest BCUT2D eigenvalue weighted by Gasteiger charge is -2.33. The van der Waals surface area contributed by atoms with Gasteiger partial charge in [-0.05, 0) is 43.7 Å². The van der Waals surface area contributed by atoms with Crippen LogP contribution in [-0.2, 0) is 10.0 Å². The van der Waals surface area contributed by atoms with Crippen LogP contribution in [0.3, 0.4) is 0 Å². The van der Waals surface area contributed by atoms with Crippen LogP contribution in [-0.4, -0.2) is 57.5 Å². The van der Waals surface area contributed by atoms with Crippen LogP contribution in [0.1, 0.15) is 39.0 Å². The van der Waals surface area contributed by atoms with Crippen LogP contribution in [0.2, 0.25) is 0 Å². The molecule has 0 bridgehead atoms. The van der Waals surface area contributed by atoms with Crippen molar-refractivity contribution < 1.29 is 13.2 Å². The number of ether oxygens (including phenoxy) is 1. The molecular formula is C18H30N2O3S.